The molecule has 1 aliphatic rings. The summed E-state index contributed by atoms with van der Waals surface area (Å²) in [5.41, 5.74) is 4.40. The lowest BCUT2D eigenvalue weighted by atomic mass is 10.00. The molecule has 3 nitrogen and oxygen atoms in total. The summed E-state index contributed by atoms with van der Waals surface area (Å²) in [5, 5.41) is 0. The van der Waals surface area contributed by atoms with Gasteiger partial charge in [-0.2, -0.15) is 0 Å². The van der Waals surface area contributed by atoms with Gasteiger partial charge in [0, 0.05) is 36.9 Å². The van der Waals surface area contributed by atoms with Gasteiger partial charge in [0.05, 0.1) is 0 Å². The van der Waals surface area contributed by atoms with Crippen LogP contribution in [0.3, 0.4) is 0 Å². The number of hydrogen-bond acceptors (Lipinski definition) is 2. The summed E-state index contributed by atoms with van der Waals surface area (Å²) in [5.74, 6) is 0.0916. The van der Waals surface area contributed by atoms with Crippen molar-refractivity contribution in [2.24, 2.45) is 0 Å². The lowest BCUT2D eigenvalue weighted by Crippen LogP contribution is -2.47. The van der Waals surface area contributed by atoms with E-state index in [1.165, 1.54) is 11.1 Å². The summed E-state index contributed by atoms with van der Waals surface area (Å²) in [4.78, 5) is 17.9. The van der Waals surface area contributed by atoms with Crippen molar-refractivity contribution in [3.63, 3.8) is 0 Å². The van der Waals surface area contributed by atoms with Gasteiger partial charge in [0.25, 0.3) is 5.91 Å². The number of nitrogens with zero attached hydrogens (tertiary/aromatic N) is 2. The zero-order valence-electron chi connectivity index (χ0n) is 17.0. The number of hydrogen-bond donors (Lipinski definition) is 0. The van der Waals surface area contributed by atoms with Crippen LogP contribution in [0.2, 0.25) is 0 Å². The highest BCUT2D eigenvalue weighted by atomic mass is 16.2. The monoisotopic (exact) mass is 384 g/mol. The molecule has 0 saturated carbocycles. The molecule has 0 spiro atoms. The Labute approximate surface area is 173 Å². The number of anilines is 1. The van der Waals surface area contributed by atoms with Crippen LogP contribution in [0.15, 0.2) is 84.9 Å². The first-order valence-electron chi connectivity index (χ1n) is 10.4. The molecular formula is C26H28N2O. The molecule has 0 aromatic heterocycles. The highest BCUT2D eigenvalue weighted by Crippen LogP contribution is 2.26. The fraction of sp³-hybridized carbons (Fsp3) is 0.269. The molecule has 3 heteroatoms. The predicted octanol–water partition coefficient (Wildman–Crippen LogP) is 5.31. The van der Waals surface area contributed by atoms with Crippen molar-refractivity contribution in [3.8, 4) is 0 Å². The van der Waals surface area contributed by atoms with Crippen molar-refractivity contribution in [2.75, 3.05) is 18.0 Å². The highest BCUT2D eigenvalue weighted by molar-refractivity contribution is 6.06. The van der Waals surface area contributed by atoms with Crippen LogP contribution in [0.25, 0.3) is 0 Å². The number of amides is 1. The molecule has 29 heavy (non-hydrogen) atoms. The minimum absolute atomic E-state index is 0.0916. The first-order chi connectivity index (χ1) is 14.2. The van der Waals surface area contributed by atoms with Gasteiger partial charge in [0.1, 0.15) is 0 Å². The number of likely N-dealkylation sites (tertiary alicyclic amines) is 1. The smallest absolute Gasteiger partial charge is 0.258 e. The fourth-order valence-corrected chi connectivity index (χ4v) is 4.21. The molecule has 4 rings (SSSR count). The molecule has 0 radical (unpaired) electrons. The maximum atomic E-state index is 13.4. The first kappa shape index (κ1) is 19.4. The first-order valence-corrected chi connectivity index (χ1v) is 10.4. The van der Waals surface area contributed by atoms with Crippen LogP contribution >= 0.6 is 0 Å². The van der Waals surface area contributed by atoms with Gasteiger partial charge in [-0.05, 0) is 49.6 Å². The number of benzene rings is 3. The lowest BCUT2D eigenvalue weighted by molar-refractivity contribution is 0.0958. The number of aryl methyl sites for hydroxylation is 1. The third-order valence-electron chi connectivity index (χ3n) is 5.68. The summed E-state index contributed by atoms with van der Waals surface area (Å²) >= 11 is 0. The van der Waals surface area contributed by atoms with Crippen LogP contribution in [0.1, 0.15) is 34.3 Å². The molecule has 3 aromatic rings. The normalized spacial score (nSPS) is 15.2. The summed E-state index contributed by atoms with van der Waals surface area (Å²) in [6.07, 6.45) is 1.97. The van der Waals surface area contributed by atoms with Crippen LogP contribution in [0.4, 0.5) is 5.69 Å². The second-order valence-electron chi connectivity index (χ2n) is 7.87. The van der Waals surface area contributed by atoms with Gasteiger partial charge in [-0.15, -0.1) is 0 Å². The van der Waals surface area contributed by atoms with E-state index in [0.29, 0.717) is 0 Å². The van der Waals surface area contributed by atoms with E-state index < -0.39 is 0 Å². The quantitative estimate of drug-likeness (QED) is 0.595. The minimum Gasteiger partial charge on any atom is -0.305 e. The second kappa shape index (κ2) is 9.06. The van der Waals surface area contributed by atoms with Gasteiger partial charge < -0.3 is 4.90 Å². The van der Waals surface area contributed by atoms with Crippen LogP contribution in [-0.2, 0) is 6.54 Å². The van der Waals surface area contributed by atoms with Crippen LogP contribution in [-0.4, -0.2) is 29.9 Å². The molecule has 1 heterocycles. The average molecular weight is 385 g/mol. The van der Waals surface area contributed by atoms with E-state index in [9.17, 15) is 4.79 Å². The maximum absolute atomic E-state index is 13.4. The van der Waals surface area contributed by atoms with Gasteiger partial charge in [0.2, 0.25) is 0 Å². The maximum Gasteiger partial charge on any atom is 0.258 e. The number of para-hydroxylation sites is 1. The lowest BCUT2D eigenvalue weighted by Gasteiger charge is -2.38. The van der Waals surface area contributed by atoms with Crippen LogP contribution in [0.5, 0.6) is 0 Å². The van der Waals surface area contributed by atoms with Gasteiger partial charge in [-0.25, -0.2) is 0 Å². The Morgan fingerprint density at radius 2 is 1.55 bits per heavy atom. The Morgan fingerprint density at radius 1 is 0.897 bits per heavy atom. The molecule has 1 aliphatic heterocycles. The van der Waals surface area contributed by atoms with E-state index in [2.05, 4.69) is 36.1 Å². The van der Waals surface area contributed by atoms with E-state index >= 15 is 0 Å². The molecule has 1 amide bonds. The average Bonchev–Trinajstić information content (AvgIpc) is 2.76. The fourth-order valence-electron chi connectivity index (χ4n) is 4.21. The minimum atomic E-state index is 0.0916. The molecule has 1 fully saturated rings. The van der Waals surface area contributed by atoms with Gasteiger partial charge in [-0.1, -0.05) is 66.2 Å². The summed E-state index contributed by atoms with van der Waals surface area (Å²) in [6, 6.07) is 28.7. The predicted molar refractivity (Wildman–Crippen MR) is 119 cm³/mol. The number of piperidine rings is 1. The Balaban J connectivity index is 1.49. The van der Waals surface area contributed by atoms with E-state index in [1.54, 1.807) is 0 Å². The molecule has 0 unspecified atom stereocenters. The number of rotatable bonds is 5. The molecule has 3 aromatic carbocycles. The SMILES string of the molecule is Cc1cccc(CN2CCC(N(C(=O)c3ccccc3)c3ccccc3)CC2)c1. The van der Waals surface area contributed by atoms with Crippen molar-refractivity contribution in [1.82, 2.24) is 4.90 Å². The standard InChI is InChI=1S/C26H28N2O/c1-21-9-8-10-22(19-21)20-27-17-15-25(16-18-27)28(24-13-6-3-7-14-24)26(29)23-11-4-2-5-12-23/h2-14,19,25H,15-18,20H2,1H3. The Morgan fingerprint density at radius 3 is 2.21 bits per heavy atom. The number of carbonyl (C=O) groups excluding carboxylic acids is 1. The van der Waals surface area contributed by atoms with Gasteiger partial charge in [0.15, 0.2) is 0 Å². The van der Waals surface area contributed by atoms with Crippen molar-refractivity contribution in [3.05, 3.63) is 102 Å². The Bertz CT molecular complexity index is 931. The van der Waals surface area contributed by atoms with Gasteiger partial charge in [-0.3, -0.25) is 9.69 Å². The third kappa shape index (κ3) is 4.75. The summed E-state index contributed by atoms with van der Waals surface area (Å²) in [6.45, 7) is 5.13. The van der Waals surface area contributed by atoms with E-state index in [0.717, 1.165) is 43.7 Å². The van der Waals surface area contributed by atoms with Crippen molar-refractivity contribution < 1.29 is 4.79 Å². The van der Waals surface area contributed by atoms with Crippen LogP contribution in [0, 0.1) is 6.92 Å². The Hall–Kier alpha value is -2.91. The summed E-state index contributed by atoms with van der Waals surface area (Å²) in [7, 11) is 0. The molecule has 0 bridgehead atoms. The molecule has 148 valence electrons. The third-order valence-corrected chi connectivity index (χ3v) is 5.68. The van der Waals surface area contributed by atoms with Crippen molar-refractivity contribution >= 4 is 11.6 Å². The van der Waals surface area contributed by atoms with E-state index in [4.69, 9.17) is 0 Å². The zero-order chi connectivity index (χ0) is 20.1. The van der Waals surface area contributed by atoms with E-state index in [-0.39, 0.29) is 11.9 Å². The topological polar surface area (TPSA) is 23.6 Å². The molecule has 0 N–H and O–H groups in total. The van der Waals surface area contributed by atoms with E-state index in [1.807, 2.05) is 65.6 Å². The highest BCUT2D eigenvalue weighted by Gasteiger charge is 2.29. The largest absolute Gasteiger partial charge is 0.305 e. The van der Waals surface area contributed by atoms with Crippen molar-refractivity contribution in [2.45, 2.75) is 32.4 Å². The molecular weight excluding hydrogens is 356 g/mol. The van der Waals surface area contributed by atoms with Gasteiger partial charge >= 0.3 is 0 Å². The number of carbonyl (C=O) groups is 1. The molecule has 1 saturated heterocycles. The Kier molecular flexibility index (Phi) is 6.06. The second-order valence-corrected chi connectivity index (χ2v) is 7.87. The van der Waals surface area contributed by atoms with Crippen LogP contribution < -0.4 is 4.90 Å². The van der Waals surface area contributed by atoms with Crippen molar-refractivity contribution in [1.29, 1.82) is 0 Å². The molecule has 0 aliphatic carbocycles. The molecule has 0 atom stereocenters. The zero-order valence-corrected chi connectivity index (χ0v) is 17.0. The summed E-state index contributed by atoms with van der Waals surface area (Å²) < 4.78 is 0.